The van der Waals surface area contributed by atoms with Crippen LogP contribution in [0.25, 0.3) is 11.4 Å². The minimum absolute atomic E-state index is 0.251. The average molecular weight is 519 g/mol. The number of benzene rings is 2. The molecule has 0 amide bonds. The Kier molecular flexibility index (Phi) is 8.45. The van der Waals surface area contributed by atoms with E-state index in [-0.39, 0.29) is 11.9 Å². The molecule has 1 N–H and O–H groups in total. The second-order valence-electron chi connectivity index (χ2n) is 10.2. The van der Waals surface area contributed by atoms with Crippen LogP contribution in [0.15, 0.2) is 48.5 Å². The number of ether oxygens (including phenoxy) is 2. The summed E-state index contributed by atoms with van der Waals surface area (Å²) >= 11 is 0. The number of aromatic amines is 1. The summed E-state index contributed by atoms with van der Waals surface area (Å²) in [6.45, 7) is 8.14. The Morgan fingerprint density at radius 2 is 1.74 bits per heavy atom. The van der Waals surface area contributed by atoms with Gasteiger partial charge in [0, 0.05) is 11.5 Å². The number of hydrogen-bond acceptors (Lipinski definition) is 9. The maximum Gasteiger partial charge on any atom is 0.310 e. The van der Waals surface area contributed by atoms with Crippen molar-refractivity contribution in [3.63, 3.8) is 0 Å². The van der Waals surface area contributed by atoms with Crippen molar-refractivity contribution < 1.29 is 14.3 Å². The molecule has 0 aliphatic carbocycles. The molecule has 11 nitrogen and oxygen atoms in total. The SMILES string of the molecule is CCC[C@H](C(=O)OC(C)(C)C)[C@H](Cc1ccc(-c2nn[nH]n2)cc1)c1nnn(Cc2ccc(OC)cc2)n1. The molecule has 0 radical (unpaired) electrons. The van der Waals surface area contributed by atoms with Crippen LogP contribution in [-0.2, 0) is 22.5 Å². The Morgan fingerprint density at radius 1 is 1.03 bits per heavy atom. The lowest BCUT2D eigenvalue weighted by Gasteiger charge is -2.28. The van der Waals surface area contributed by atoms with Gasteiger partial charge in [-0.15, -0.1) is 20.4 Å². The number of nitrogens with one attached hydrogen (secondary N) is 1. The Bertz CT molecular complexity index is 1300. The molecule has 2 aromatic carbocycles. The largest absolute Gasteiger partial charge is 0.497 e. The summed E-state index contributed by atoms with van der Waals surface area (Å²) in [6, 6.07) is 15.6. The molecular formula is C27H34N8O3. The summed E-state index contributed by atoms with van der Waals surface area (Å²) in [5.74, 6) is 0.838. The maximum atomic E-state index is 13.4. The predicted octanol–water partition coefficient (Wildman–Crippen LogP) is 3.99. The predicted molar refractivity (Wildman–Crippen MR) is 140 cm³/mol. The van der Waals surface area contributed by atoms with Crippen LogP contribution in [-0.4, -0.2) is 59.5 Å². The van der Waals surface area contributed by atoms with Crippen molar-refractivity contribution >= 4 is 5.97 Å². The Morgan fingerprint density at radius 3 is 2.34 bits per heavy atom. The zero-order chi connectivity index (χ0) is 27.1. The van der Waals surface area contributed by atoms with Gasteiger partial charge in [0.25, 0.3) is 0 Å². The van der Waals surface area contributed by atoms with E-state index in [1.807, 2.05) is 69.3 Å². The fraction of sp³-hybridized carbons (Fsp3) is 0.444. The first kappa shape index (κ1) is 26.9. The highest BCUT2D eigenvalue weighted by Crippen LogP contribution is 2.32. The Hall–Kier alpha value is -4.15. The molecule has 38 heavy (non-hydrogen) atoms. The first-order valence-electron chi connectivity index (χ1n) is 12.7. The van der Waals surface area contributed by atoms with Crippen molar-refractivity contribution in [3.05, 3.63) is 65.5 Å². The quantitative estimate of drug-likeness (QED) is 0.292. The minimum Gasteiger partial charge on any atom is -0.497 e. The first-order valence-corrected chi connectivity index (χ1v) is 12.7. The summed E-state index contributed by atoms with van der Waals surface area (Å²) in [5, 5.41) is 27.6. The van der Waals surface area contributed by atoms with Crippen LogP contribution in [0.5, 0.6) is 5.75 Å². The molecule has 0 spiro atoms. The van der Waals surface area contributed by atoms with Crippen LogP contribution < -0.4 is 4.74 Å². The van der Waals surface area contributed by atoms with Gasteiger partial charge in [-0.3, -0.25) is 4.79 Å². The molecule has 0 saturated heterocycles. The van der Waals surface area contributed by atoms with Crippen LogP contribution in [0, 0.1) is 5.92 Å². The van der Waals surface area contributed by atoms with Gasteiger partial charge in [0.2, 0.25) is 5.82 Å². The summed E-state index contributed by atoms with van der Waals surface area (Å²) in [5.41, 5.74) is 2.29. The normalized spacial score (nSPS) is 13.2. The first-order chi connectivity index (χ1) is 18.3. The zero-order valence-corrected chi connectivity index (χ0v) is 22.5. The number of nitrogens with zero attached hydrogens (tertiary/aromatic N) is 7. The summed E-state index contributed by atoms with van der Waals surface area (Å²) in [4.78, 5) is 14.9. The number of carbonyl (C=O) groups excluding carboxylic acids is 1. The van der Waals surface area contributed by atoms with Crippen LogP contribution in [0.1, 0.15) is 63.4 Å². The van der Waals surface area contributed by atoms with Crippen LogP contribution in [0.4, 0.5) is 0 Å². The van der Waals surface area contributed by atoms with Gasteiger partial charge in [-0.25, -0.2) is 0 Å². The van der Waals surface area contributed by atoms with Crippen molar-refractivity contribution in [2.75, 3.05) is 7.11 Å². The number of hydrogen-bond donors (Lipinski definition) is 1. The molecule has 0 bridgehead atoms. The molecule has 4 aromatic rings. The van der Waals surface area contributed by atoms with Gasteiger partial charge in [0.05, 0.1) is 19.6 Å². The van der Waals surface area contributed by atoms with E-state index >= 15 is 0 Å². The highest BCUT2D eigenvalue weighted by molar-refractivity contribution is 5.74. The van der Waals surface area contributed by atoms with Gasteiger partial charge in [0.15, 0.2) is 5.82 Å². The van der Waals surface area contributed by atoms with Crippen molar-refractivity contribution in [3.8, 4) is 17.1 Å². The van der Waals surface area contributed by atoms with Gasteiger partial charge >= 0.3 is 5.97 Å². The van der Waals surface area contributed by atoms with Crippen molar-refractivity contribution in [2.24, 2.45) is 5.92 Å². The lowest BCUT2D eigenvalue weighted by molar-refractivity contribution is -0.161. The molecule has 2 heterocycles. The van der Waals surface area contributed by atoms with E-state index in [0.717, 1.165) is 28.9 Å². The fourth-order valence-corrected chi connectivity index (χ4v) is 4.28. The van der Waals surface area contributed by atoms with Crippen molar-refractivity contribution in [1.29, 1.82) is 0 Å². The molecule has 0 saturated carbocycles. The lowest BCUT2D eigenvalue weighted by Crippen LogP contribution is -2.33. The molecule has 0 aliphatic heterocycles. The summed E-state index contributed by atoms with van der Waals surface area (Å²) < 4.78 is 11.1. The topological polar surface area (TPSA) is 134 Å². The molecule has 200 valence electrons. The fourth-order valence-electron chi connectivity index (χ4n) is 4.28. The van der Waals surface area contributed by atoms with Gasteiger partial charge in [-0.1, -0.05) is 49.7 Å². The van der Waals surface area contributed by atoms with E-state index in [2.05, 4.69) is 37.9 Å². The van der Waals surface area contributed by atoms with E-state index in [0.29, 0.717) is 31.0 Å². The highest BCUT2D eigenvalue weighted by atomic mass is 16.6. The number of esters is 1. The summed E-state index contributed by atoms with van der Waals surface area (Å²) in [6.07, 6.45) is 2.01. The van der Waals surface area contributed by atoms with Gasteiger partial charge in [0.1, 0.15) is 11.4 Å². The molecule has 4 rings (SSSR count). The van der Waals surface area contributed by atoms with Crippen LogP contribution in [0.2, 0.25) is 0 Å². The number of H-pyrrole nitrogens is 1. The third-order valence-electron chi connectivity index (χ3n) is 6.09. The molecule has 2 atom stereocenters. The Labute approximate surface area is 221 Å². The number of methoxy groups -OCH3 is 1. The highest BCUT2D eigenvalue weighted by Gasteiger charge is 2.35. The van der Waals surface area contributed by atoms with E-state index < -0.39 is 11.5 Å². The number of rotatable bonds is 11. The zero-order valence-electron chi connectivity index (χ0n) is 22.5. The molecule has 0 unspecified atom stereocenters. The molecule has 0 fully saturated rings. The van der Waals surface area contributed by atoms with Gasteiger partial charge in [-0.05, 0) is 67.3 Å². The van der Waals surface area contributed by atoms with Crippen LogP contribution in [0.3, 0.4) is 0 Å². The Balaban J connectivity index is 1.62. The molecular weight excluding hydrogens is 484 g/mol. The number of aromatic nitrogens is 8. The third-order valence-corrected chi connectivity index (χ3v) is 6.09. The molecule has 2 aromatic heterocycles. The maximum absolute atomic E-state index is 13.4. The van der Waals surface area contributed by atoms with Gasteiger partial charge < -0.3 is 9.47 Å². The standard InChI is InChI=1S/C27H34N8O3/c1-6-7-22(26(36)38-27(2,3)4)23(16-18-8-12-20(13-9-18)24-28-32-33-29-24)25-30-34-35(31-25)17-19-10-14-21(37-5)15-11-19/h8-15,22-23H,6-7,16-17H2,1-5H3,(H,28,29,32,33)/t22-,23-/m0/s1. The summed E-state index contributed by atoms with van der Waals surface area (Å²) in [7, 11) is 1.64. The smallest absolute Gasteiger partial charge is 0.310 e. The van der Waals surface area contributed by atoms with Gasteiger partial charge in [-0.2, -0.15) is 10.0 Å². The van der Waals surface area contributed by atoms with E-state index in [9.17, 15) is 4.79 Å². The molecule has 11 heteroatoms. The minimum atomic E-state index is -0.598. The lowest BCUT2D eigenvalue weighted by atomic mass is 9.83. The van der Waals surface area contributed by atoms with Crippen molar-refractivity contribution in [1.82, 2.24) is 40.8 Å². The number of carbonyl (C=O) groups is 1. The molecule has 0 aliphatic rings. The van der Waals surface area contributed by atoms with E-state index in [1.165, 1.54) is 0 Å². The van der Waals surface area contributed by atoms with E-state index in [1.54, 1.807) is 11.9 Å². The van der Waals surface area contributed by atoms with Crippen LogP contribution >= 0.6 is 0 Å². The third kappa shape index (κ3) is 6.99. The number of tetrazole rings is 2. The second kappa shape index (κ2) is 11.9. The average Bonchev–Trinajstić information content (AvgIpc) is 3.59. The monoisotopic (exact) mass is 518 g/mol. The second-order valence-corrected chi connectivity index (χ2v) is 10.2. The van der Waals surface area contributed by atoms with Crippen molar-refractivity contribution in [2.45, 2.75) is 65.0 Å². The van der Waals surface area contributed by atoms with E-state index in [4.69, 9.17) is 14.6 Å².